The highest BCUT2D eigenvalue weighted by atomic mass is 19.1. The Bertz CT molecular complexity index is 1020. The largest absolute Gasteiger partial charge is 0.481 e. The Morgan fingerprint density at radius 1 is 1.24 bits per heavy atom. The van der Waals surface area contributed by atoms with Gasteiger partial charge in [-0.2, -0.15) is 0 Å². The van der Waals surface area contributed by atoms with E-state index in [1.807, 2.05) is 43.0 Å². The molecule has 0 bridgehead atoms. The van der Waals surface area contributed by atoms with E-state index in [1.54, 1.807) is 6.07 Å². The summed E-state index contributed by atoms with van der Waals surface area (Å²) < 4.78 is 25.8. The molecule has 0 unspecified atom stereocenters. The summed E-state index contributed by atoms with van der Waals surface area (Å²) >= 11 is 0. The lowest BCUT2D eigenvalue weighted by molar-refractivity contribution is -0.133. The SMILES string of the molecule is CCC(=O)N1CCc2ccc(O[C@H](CC)C(=O)NC[C@@H]3CCCO3)cc2[C@H]1c1cccc(F)c1. The molecule has 2 aliphatic rings. The molecule has 34 heavy (non-hydrogen) atoms. The lowest BCUT2D eigenvalue weighted by Crippen LogP contribution is -2.41. The third-order valence-corrected chi connectivity index (χ3v) is 6.60. The van der Waals surface area contributed by atoms with E-state index >= 15 is 0 Å². The summed E-state index contributed by atoms with van der Waals surface area (Å²) in [5.74, 6) is 0.0753. The van der Waals surface area contributed by atoms with Crippen LogP contribution in [0.4, 0.5) is 4.39 Å². The molecule has 4 rings (SSSR count). The topological polar surface area (TPSA) is 67.9 Å². The van der Waals surface area contributed by atoms with Gasteiger partial charge < -0.3 is 19.7 Å². The molecule has 1 fully saturated rings. The predicted molar refractivity (Wildman–Crippen MR) is 127 cm³/mol. The molecule has 6 nitrogen and oxygen atoms in total. The van der Waals surface area contributed by atoms with Gasteiger partial charge in [0.25, 0.3) is 5.91 Å². The van der Waals surface area contributed by atoms with E-state index in [0.717, 1.165) is 36.1 Å². The minimum Gasteiger partial charge on any atom is -0.481 e. The Kier molecular flexibility index (Phi) is 7.83. The number of hydrogen-bond acceptors (Lipinski definition) is 4. The van der Waals surface area contributed by atoms with Gasteiger partial charge in [-0.05, 0) is 66.6 Å². The van der Waals surface area contributed by atoms with Gasteiger partial charge in [0, 0.05) is 26.1 Å². The summed E-state index contributed by atoms with van der Waals surface area (Å²) in [4.78, 5) is 27.3. The van der Waals surface area contributed by atoms with Crippen molar-refractivity contribution < 1.29 is 23.5 Å². The van der Waals surface area contributed by atoms with Crippen LogP contribution in [0.25, 0.3) is 0 Å². The van der Waals surface area contributed by atoms with Crippen LogP contribution >= 0.6 is 0 Å². The van der Waals surface area contributed by atoms with E-state index in [9.17, 15) is 14.0 Å². The third kappa shape index (κ3) is 5.41. The number of amides is 2. The van der Waals surface area contributed by atoms with Gasteiger partial charge >= 0.3 is 0 Å². The van der Waals surface area contributed by atoms with Crippen molar-refractivity contribution in [2.75, 3.05) is 19.7 Å². The van der Waals surface area contributed by atoms with Crippen molar-refractivity contribution >= 4 is 11.8 Å². The first-order chi connectivity index (χ1) is 16.5. The summed E-state index contributed by atoms with van der Waals surface area (Å²) in [5, 5.41) is 2.95. The van der Waals surface area contributed by atoms with Crippen molar-refractivity contribution in [2.45, 2.75) is 64.2 Å². The molecule has 1 N–H and O–H groups in total. The van der Waals surface area contributed by atoms with E-state index < -0.39 is 12.1 Å². The second-order valence-electron chi connectivity index (χ2n) is 8.90. The average Bonchev–Trinajstić information content (AvgIpc) is 3.38. The predicted octanol–water partition coefficient (Wildman–Crippen LogP) is 4.16. The molecule has 7 heteroatoms. The number of rotatable bonds is 8. The zero-order valence-corrected chi connectivity index (χ0v) is 19.9. The maximum Gasteiger partial charge on any atom is 0.261 e. The second kappa shape index (κ2) is 11.0. The quantitative estimate of drug-likeness (QED) is 0.632. The van der Waals surface area contributed by atoms with Crippen molar-refractivity contribution in [2.24, 2.45) is 0 Å². The molecule has 2 amide bonds. The molecule has 2 heterocycles. The summed E-state index contributed by atoms with van der Waals surface area (Å²) in [6.45, 7) is 5.54. The van der Waals surface area contributed by atoms with Crippen LogP contribution in [0.15, 0.2) is 42.5 Å². The number of fused-ring (bicyclic) bond motifs is 1. The number of hydrogen-bond donors (Lipinski definition) is 1. The Morgan fingerprint density at radius 2 is 2.09 bits per heavy atom. The van der Waals surface area contributed by atoms with E-state index in [-0.39, 0.29) is 23.7 Å². The average molecular weight is 469 g/mol. The lowest BCUT2D eigenvalue weighted by atomic mass is 9.87. The molecule has 2 aromatic carbocycles. The van der Waals surface area contributed by atoms with Crippen LogP contribution in [-0.4, -0.2) is 48.6 Å². The van der Waals surface area contributed by atoms with Crippen LogP contribution < -0.4 is 10.1 Å². The summed E-state index contributed by atoms with van der Waals surface area (Å²) in [7, 11) is 0. The summed E-state index contributed by atoms with van der Waals surface area (Å²) in [6, 6.07) is 11.8. The van der Waals surface area contributed by atoms with E-state index in [0.29, 0.717) is 38.1 Å². The van der Waals surface area contributed by atoms with Gasteiger partial charge in [-0.15, -0.1) is 0 Å². The Hall–Kier alpha value is -2.93. The lowest BCUT2D eigenvalue weighted by Gasteiger charge is -2.38. The van der Waals surface area contributed by atoms with E-state index in [2.05, 4.69) is 5.32 Å². The van der Waals surface area contributed by atoms with E-state index in [4.69, 9.17) is 9.47 Å². The molecule has 0 saturated carbocycles. The molecule has 2 aliphatic heterocycles. The number of halogens is 1. The Morgan fingerprint density at radius 3 is 2.79 bits per heavy atom. The molecular weight excluding hydrogens is 435 g/mol. The molecule has 0 radical (unpaired) electrons. The second-order valence-corrected chi connectivity index (χ2v) is 8.90. The fourth-order valence-corrected chi connectivity index (χ4v) is 4.79. The van der Waals surface area contributed by atoms with Crippen molar-refractivity contribution in [3.05, 3.63) is 65.0 Å². The number of benzene rings is 2. The van der Waals surface area contributed by atoms with Crippen molar-refractivity contribution in [1.29, 1.82) is 0 Å². The summed E-state index contributed by atoms with van der Waals surface area (Å²) in [6.07, 6.45) is 3.02. The summed E-state index contributed by atoms with van der Waals surface area (Å²) in [5.41, 5.74) is 2.73. The van der Waals surface area contributed by atoms with Gasteiger partial charge in [0.2, 0.25) is 5.91 Å². The van der Waals surface area contributed by atoms with E-state index in [1.165, 1.54) is 12.1 Å². The van der Waals surface area contributed by atoms with Crippen LogP contribution in [0.3, 0.4) is 0 Å². The highest BCUT2D eigenvalue weighted by Gasteiger charge is 2.32. The molecule has 0 aliphatic carbocycles. The third-order valence-electron chi connectivity index (χ3n) is 6.60. The fourth-order valence-electron chi connectivity index (χ4n) is 4.79. The van der Waals surface area contributed by atoms with Gasteiger partial charge in [-0.3, -0.25) is 9.59 Å². The van der Waals surface area contributed by atoms with Gasteiger partial charge in [-0.1, -0.05) is 32.0 Å². The first-order valence-corrected chi connectivity index (χ1v) is 12.2. The normalized spacial score (nSPS) is 20.5. The number of ether oxygens (including phenoxy) is 2. The monoisotopic (exact) mass is 468 g/mol. The van der Waals surface area contributed by atoms with Crippen molar-refractivity contribution in [3.8, 4) is 5.75 Å². The zero-order valence-electron chi connectivity index (χ0n) is 19.9. The Labute approximate surface area is 200 Å². The Balaban J connectivity index is 1.57. The van der Waals surface area contributed by atoms with Gasteiger partial charge in [-0.25, -0.2) is 4.39 Å². The number of carbonyl (C=O) groups is 2. The number of nitrogens with one attached hydrogen (secondary N) is 1. The first-order valence-electron chi connectivity index (χ1n) is 12.2. The van der Waals surface area contributed by atoms with Crippen molar-refractivity contribution in [3.63, 3.8) is 0 Å². The maximum absolute atomic E-state index is 14.1. The molecule has 182 valence electrons. The van der Waals surface area contributed by atoms with Crippen LogP contribution in [0.1, 0.15) is 62.3 Å². The molecule has 0 spiro atoms. The fraction of sp³-hybridized carbons (Fsp3) is 0.481. The molecule has 3 atom stereocenters. The van der Waals surface area contributed by atoms with Crippen LogP contribution in [0, 0.1) is 5.82 Å². The highest BCUT2D eigenvalue weighted by Crippen LogP contribution is 2.38. The standard InChI is InChI=1S/C27H33FN2O4/c1-3-24(27(32)29-17-22-9-6-14-33-22)34-21-11-10-18-12-13-30(25(31)4-2)26(23(18)16-21)19-7-5-8-20(28)15-19/h5,7-8,10-11,15-16,22,24,26H,3-4,6,9,12-14,17H2,1-2H3,(H,29,32)/t22-,24+,26+/m0/s1. The molecular formula is C27H33FN2O4. The molecule has 0 aromatic heterocycles. The van der Waals surface area contributed by atoms with Gasteiger partial charge in [0.15, 0.2) is 6.10 Å². The van der Waals surface area contributed by atoms with Crippen LogP contribution in [-0.2, 0) is 20.7 Å². The first kappa shape index (κ1) is 24.2. The van der Waals surface area contributed by atoms with Crippen LogP contribution in [0.2, 0.25) is 0 Å². The van der Waals surface area contributed by atoms with Crippen molar-refractivity contribution in [1.82, 2.24) is 10.2 Å². The molecule has 1 saturated heterocycles. The molecule has 2 aromatic rings. The van der Waals surface area contributed by atoms with Crippen LogP contribution in [0.5, 0.6) is 5.75 Å². The van der Waals surface area contributed by atoms with Gasteiger partial charge in [0.1, 0.15) is 11.6 Å². The zero-order chi connectivity index (χ0) is 24.1. The minimum atomic E-state index is -0.635. The number of nitrogens with zero attached hydrogens (tertiary/aromatic N) is 1. The minimum absolute atomic E-state index is 0.0196. The number of carbonyl (C=O) groups excluding carboxylic acids is 2. The smallest absolute Gasteiger partial charge is 0.261 e. The van der Waals surface area contributed by atoms with Gasteiger partial charge in [0.05, 0.1) is 12.1 Å². The maximum atomic E-state index is 14.1. The highest BCUT2D eigenvalue weighted by molar-refractivity contribution is 5.81.